The van der Waals surface area contributed by atoms with Crippen LogP contribution in [0.4, 0.5) is 0 Å². The maximum atomic E-state index is 5.66. The second-order valence-corrected chi connectivity index (χ2v) is 3.57. The molecule has 0 spiro atoms. The van der Waals surface area contributed by atoms with Crippen LogP contribution in [0.3, 0.4) is 0 Å². The van der Waals surface area contributed by atoms with Crippen molar-refractivity contribution in [2.45, 2.75) is 12.5 Å². The Morgan fingerprint density at radius 3 is 2.69 bits per heavy atom. The molecule has 13 heavy (non-hydrogen) atoms. The minimum atomic E-state index is 0.273. The molecule has 2 rings (SSSR count). The smallest absolute Gasteiger partial charge is 0.0829 e. The van der Waals surface area contributed by atoms with Crippen molar-refractivity contribution in [3.8, 4) is 0 Å². The lowest BCUT2D eigenvalue weighted by Gasteiger charge is -2.08. The average Bonchev–Trinajstić information content (AvgIpc) is 2.67. The first-order chi connectivity index (χ1) is 6.40. The van der Waals surface area contributed by atoms with Gasteiger partial charge in [-0.15, -0.1) is 0 Å². The molecule has 1 aromatic rings. The normalized spacial score (nSPS) is 27.8. The molecular formula is C11H15NO. The first-order valence-electron chi connectivity index (χ1n) is 4.76. The first-order valence-corrected chi connectivity index (χ1v) is 4.76. The van der Waals surface area contributed by atoms with Gasteiger partial charge in [-0.3, -0.25) is 0 Å². The zero-order valence-electron chi connectivity index (χ0n) is 7.65. The topological polar surface area (TPSA) is 35.2 Å². The van der Waals surface area contributed by atoms with Crippen molar-refractivity contribution in [1.82, 2.24) is 0 Å². The molecule has 2 heteroatoms. The van der Waals surface area contributed by atoms with Gasteiger partial charge in [-0.25, -0.2) is 0 Å². The van der Waals surface area contributed by atoms with E-state index < -0.39 is 0 Å². The van der Waals surface area contributed by atoms with Crippen LogP contribution >= 0.6 is 0 Å². The highest BCUT2D eigenvalue weighted by Gasteiger charge is 2.25. The van der Waals surface area contributed by atoms with Gasteiger partial charge >= 0.3 is 0 Å². The van der Waals surface area contributed by atoms with E-state index in [0.717, 1.165) is 19.6 Å². The molecule has 2 N–H and O–H groups in total. The summed E-state index contributed by atoms with van der Waals surface area (Å²) in [7, 11) is 0. The minimum absolute atomic E-state index is 0.273. The molecule has 2 nitrogen and oxygen atoms in total. The molecule has 1 fully saturated rings. The molecule has 1 aliphatic heterocycles. The van der Waals surface area contributed by atoms with Crippen molar-refractivity contribution < 1.29 is 4.74 Å². The maximum Gasteiger partial charge on any atom is 0.0829 e. The summed E-state index contributed by atoms with van der Waals surface area (Å²) < 4.78 is 5.66. The van der Waals surface area contributed by atoms with E-state index in [-0.39, 0.29) is 6.10 Å². The Morgan fingerprint density at radius 2 is 2.08 bits per heavy atom. The Kier molecular flexibility index (Phi) is 2.62. The van der Waals surface area contributed by atoms with Gasteiger partial charge in [0.1, 0.15) is 0 Å². The van der Waals surface area contributed by atoms with Crippen LogP contribution in [0.5, 0.6) is 0 Å². The van der Waals surface area contributed by atoms with E-state index >= 15 is 0 Å². The number of benzene rings is 1. The Bertz CT molecular complexity index is 260. The van der Waals surface area contributed by atoms with Crippen LogP contribution in [0.2, 0.25) is 0 Å². The van der Waals surface area contributed by atoms with Crippen LogP contribution in [0.15, 0.2) is 30.3 Å². The molecule has 0 aromatic heterocycles. The van der Waals surface area contributed by atoms with Gasteiger partial charge in [-0.1, -0.05) is 30.3 Å². The Balaban J connectivity index is 2.04. The summed E-state index contributed by atoms with van der Waals surface area (Å²) in [6, 6.07) is 10.4. The van der Waals surface area contributed by atoms with E-state index in [2.05, 4.69) is 24.3 Å². The molecule has 0 saturated carbocycles. The SMILES string of the molecule is NCC1COC(c2ccccc2)C1. The van der Waals surface area contributed by atoms with Crippen molar-refractivity contribution in [2.24, 2.45) is 11.7 Å². The number of nitrogens with two attached hydrogens (primary N) is 1. The highest BCUT2D eigenvalue weighted by atomic mass is 16.5. The average molecular weight is 177 g/mol. The zero-order chi connectivity index (χ0) is 9.10. The third-order valence-corrected chi connectivity index (χ3v) is 2.59. The number of hydrogen-bond donors (Lipinski definition) is 1. The van der Waals surface area contributed by atoms with Gasteiger partial charge in [-0.05, 0) is 24.4 Å². The van der Waals surface area contributed by atoms with Gasteiger partial charge in [0.15, 0.2) is 0 Å². The molecule has 2 atom stereocenters. The molecule has 0 bridgehead atoms. The van der Waals surface area contributed by atoms with Gasteiger partial charge in [-0.2, -0.15) is 0 Å². The fraction of sp³-hybridized carbons (Fsp3) is 0.455. The Hall–Kier alpha value is -0.860. The van der Waals surface area contributed by atoms with Crippen LogP contribution in [0, 0.1) is 5.92 Å². The van der Waals surface area contributed by atoms with Crippen LogP contribution in [0.25, 0.3) is 0 Å². The predicted octanol–water partition coefficient (Wildman–Crippen LogP) is 1.72. The predicted molar refractivity (Wildman–Crippen MR) is 52.3 cm³/mol. The Morgan fingerprint density at radius 1 is 1.31 bits per heavy atom. The minimum Gasteiger partial charge on any atom is -0.373 e. The fourth-order valence-electron chi connectivity index (χ4n) is 1.76. The molecule has 2 unspecified atom stereocenters. The maximum absolute atomic E-state index is 5.66. The number of rotatable bonds is 2. The lowest BCUT2D eigenvalue weighted by Crippen LogP contribution is -2.13. The summed E-state index contributed by atoms with van der Waals surface area (Å²) in [6.45, 7) is 1.55. The van der Waals surface area contributed by atoms with E-state index in [0.29, 0.717) is 5.92 Å². The van der Waals surface area contributed by atoms with Crippen LogP contribution in [0.1, 0.15) is 18.1 Å². The number of ether oxygens (including phenoxy) is 1. The molecule has 0 amide bonds. The monoisotopic (exact) mass is 177 g/mol. The summed E-state index contributed by atoms with van der Waals surface area (Å²) in [4.78, 5) is 0. The van der Waals surface area contributed by atoms with E-state index in [1.165, 1.54) is 5.56 Å². The van der Waals surface area contributed by atoms with Gasteiger partial charge in [0.2, 0.25) is 0 Å². The quantitative estimate of drug-likeness (QED) is 0.746. The third-order valence-electron chi connectivity index (χ3n) is 2.59. The molecule has 70 valence electrons. The summed E-state index contributed by atoms with van der Waals surface area (Å²) >= 11 is 0. The number of hydrogen-bond acceptors (Lipinski definition) is 2. The third kappa shape index (κ3) is 1.90. The van der Waals surface area contributed by atoms with Crippen molar-refractivity contribution in [3.63, 3.8) is 0 Å². The van der Waals surface area contributed by atoms with E-state index in [1.54, 1.807) is 0 Å². The van der Waals surface area contributed by atoms with Gasteiger partial charge in [0.05, 0.1) is 12.7 Å². The molecular weight excluding hydrogens is 162 g/mol. The molecule has 1 aliphatic rings. The zero-order valence-corrected chi connectivity index (χ0v) is 7.65. The van der Waals surface area contributed by atoms with Gasteiger partial charge < -0.3 is 10.5 Å². The van der Waals surface area contributed by atoms with Crippen molar-refractivity contribution in [3.05, 3.63) is 35.9 Å². The molecule has 1 saturated heterocycles. The summed E-state index contributed by atoms with van der Waals surface area (Å²) in [5.74, 6) is 0.546. The van der Waals surface area contributed by atoms with Crippen molar-refractivity contribution in [1.29, 1.82) is 0 Å². The Labute approximate surface area is 78.7 Å². The van der Waals surface area contributed by atoms with Crippen molar-refractivity contribution in [2.75, 3.05) is 13.2 Å². The van der Waals surface area contributed by atoms with Gasteiger partial charge in [0, 0.05) is 0 Å². The van der Waals surface area contributed by atoms with Gasteiger partial charge in [0.25, 0.3) is 0 Å². The first kappa shape index (κ1) is 8.73. The second-order valence-electron chi connectivity index (χ2n) is 3.57. The van der Waals surface area contributed by atoms with E-state index in [1.807, 2.05) is 6.07 Å². The fourth-order valence-corrected chi connectivity index (χ4v) is 1.76. The highest BCUT2D eigenvalue weighted by Crippen LogP contribution is 2.31. The van der Waals surface area contributed by atoms with E-state index in [4.69, 9.17) is 10.5 Å². The largest absolute Gasteiger partial charge is 0.373 e. The lowest BCUT2D eigenvalue weighted by molar-refractivity contribution is 0.108. The molecule has 0 radical (unpaired) electrons. The highest BCUT2D eigenvalue weighted by molar-refractivity contribution is 5.18. The molecule has 0 aliphatic carbocycles. The van der Waals surface area contributed by atoms with Crippen molar-refractivity contribution >= 4 is 0 Å². The molecule has 1 aromatic carbocycles. The van der Waals surface area contributed by atoms with Crippen LogP contribution < -0.4 is 5.73 Å². The van der Waals surface area contributed by atoms with E-state index in [9.17, 15) is 0 Å². The lowest BCUT2D eigenvalue weighted by atomic mass is 10.0. The van der Waals surface area contributed by atoms with Crippen LogP contribution in [-0.2, 0) is 4.74 Å². The van der Waals surface area contributed by atoms with Crippen LogP contribution in [-0.4, -0.2) is 13.2 Å². The summed E-state index contributed by atoms with van der Waals surface area (Å²) in [6.07, 6.45) is 1.34. The second kappa shape index (κ2) is 3.90. The summed E-state index contributed by atoms with van der Waals surface area (Å²) in [5.41, 5.74) is 6.87. The molecule has 1 heterocycles. The standard InChI is InChI=1S/C11H15NO/c12-7-9-6-11(13-8-9)10-4-2-1-3-5-10/h1-5,9,11H,6-8,12H2. The summed E-state index contributed by atoms with van der Waals surface area (Å²) in [5, 5.41) is 0.